The first-order valence-electron chi connectivity index (χ1n) is 14.7. The van der Waals surface area contributed by atoms with Crippen LogP contribution in [0.1, 0.15) is 26.7 Å². The average molecular weight is 547 g/mol. The zero-order valence-corrected chi connectivity index (χ0v) is 24.1. The molecule has 7 rings (SSSR count). The van der Waals surface area contributed by atoms with E-state index in [0.717, 1.165) is 40.3 Å². The molecule has 0 amide bonds. The molecular weight excluding hydrogens is 512 g/mol. The lowest BCUT2D eigenvalue weighted by Crippen LogP contribution is -2.43. The highest BCUT2D eigenvalue weighted by Crippen LogP contribution is 2.44. The molecular formula is C39H34N2O. The van der Waals surface area contributed by atoms with Crippen molar-refractivity contribution < 1.29 is 0 Å². The summed E-state index contributed by atoms with van der Waals surface area (Å²) in [4.78, 5) is 15.7. The van der Waals surface area contributed by atoms with Crippen molar-refractivity contribution in [2.75, 3.05) is 4.90 Å². The summed E-state index contributed by atoms with van der Waals surface area (Å²) in [5.74, 6) is 0. The van der Waals surface area contributed by atoms with Crippen LogP contribution in [-0.4, -0.2) is 10.1 Å². The van der Waals surface area contributed by atoms with Gasteiger partial charge in [0.15, 0.2) is 5.43 Å². The number of allylic oxidation sites excluding steroid dienone is 6. The van der Waals surface area contributed by atoms with Crippen LogP contribution in [0, 0.1) is 5.41 Å². The summed E-state index contributed by atoms with van der Waals surface area (Å²) < 4.78 is 2.24. The number of fused-ring (bicyclic) bond motifs is 2. The lowest BCUT2D eigenvalue weighted by Gasteiger charge is -2.43. The molecule has 0 fully saturated rings. The SMILES string of the molecule is CC1(C2=CCC(C)(N(c3ccccc3)c3ccccc3)C=C2)C=CC(n2c3ccccc3c(=O)c3ccccc32)=CC1. The van der Waals surface area contributed by atoms with Crippen LogP contribution in [0.5, 0.6) is 0 Å². The zero-order chi connectivity index (χ0) is 28.7. The monoisotopic (exact) mass is 546 g/mol. The Kier molecular flexibility index (Phi) is 6.31. The van der Waals surface area contributed by atoms with Gasteiger partial charge < -0.3 is 9.47 Å². The fourth-order valence-corrected chi connectivity index (χ4v) is 6.58. The predicted octanol–water partition coefficient (Wildman–Crippen LogP) is 9.45. The summed E-state index contributed by atoms with van der Waals surface area (Å²) >= 11 is 0. The van der Waals surface area contributed by atoms with Crippen molar-refractivity contribution in [3.63, 3.8) is 0 Å². The van der Waals surface area contributed by atoms with Crippen LogP contribution in [0.4, 0.5) is 11.4 Å². The standard InChI is InChI=1S/C39H34N2O/c1-38(29-21-27-39(2,28-22-29)41(31-13-5-3-6-14-31)32-15-7-4-8-16-32)25-23-30(24-26-38)40-35-19-11-9-17-33(35)37(42)34-18-10-12-20-36(34)40/h3-25,27H,26,28H2,1-2H3. The third kappa shape index (κ3) is 4.33. The number of para-hydroxylation sites is 4. The van der Waals surface area contributed by atoms with Crippen LogP contribution in [-0.2, 0) is 0 Å². The Hall–Kier alpha value is -4.89. The quantitative estimate of drug-likeness (QED) is 0.205. The highest BCUT2D eigenvalue weighted by molar-refractivity contribution is 5.97. The Morgan fingerprint density at radius 2 is 1.17 bits per heavy atom. The van der Waals surface area contributed by atoms with Gasteiger partial charge in [0.2, 0.25) is 0 Å². The van der Waals surface area contributed by atoms with E-state index in [9.17, 15) is 4.79 Å². The predicted molar refractivity (Wildman–Crippen MR) is 177 cm³/mol. The highest BCUT2D eigenvalue weighted by Gasteiger charge is 2.35. The van der Waals surface area contributed by atoms with Gasteiger partial charge in [0.1, 0.15) is 0 Å². The van der Waals surface area contributed by atoms with E-state index in [-0.39, 0.29) is 16.4 Å². The molecule has 0 spiro atoms. The molecule has 3 nitrogen and oxygen atoms in total. The fourth-order valence-electron chi connectivity index (χ4n) is 6.58. The first-order valence-corrected chi connectivity index (χ1v) is 14.7. The summed E-state index contributed by atoms with van der Waals surface area (Å²) in [6, 6.07) is 37.2. The van der Waals surface area contributed by atoms with Gasteiger partial charge in [-0.05, 0) is 79.9 Å². The van der Waals surface area contributed by atoms with Crippen LogP contribution in [0.15, 0.2) is 156 Å². The number of hydrogen-bond acceptors (Lipinski definition) is 2. The van der Waals surface area contributed by atoms with E-state index in [1.165, 1.54) is 16.9 Å². The lowest BCUT2D eigenvalue weighted by atomic mass is 9.72. The number of nitrogens with zero attached hydrogens (tertiary/aromatic N) is 2. The molecule has 5 aromatic rings. The molecule has 2 aliphatic carbocycles. The lowest BCUT2D eigenvalue weighted by molar-refractivity contribution is 0.504. The molecule has 0 aliphatic heterocycles. The van der Waals surface area contributed by atoms with Crippen molar-refractivity contribution in [1.29, 1.82) is 0 Å². The van der Waals surface area contributed by atoms with Gasteiger partial charge in [-0.2, -0.15) is 0 Å². The van der Waals surface area contributed by atoms with E-state index in [1.54, 1.807) is 0 Å². The number of benzene rings is 4. The smallest absolute Gasteiger partial charge is 0.197 e. The second kappa shape index (κ2) is 10.2. The van der Waals surface area contributed by atoms with Crippen LogP contribution in [0.2, 0.25) is 0 Å². The summed E-state index contributed by atoms with van der Waals surface area (Å²) in [7, 11) is 0. The molecule has 0 N–H and O–H groups in total. The van der Waals surface area contributed by atoms with Gasteiger partial charge in [0, 0.05) is 33.3 Å². The van der Waals surface area contributed by atoms with E-state index in [0.29, 0.717) is 0 Å². The van der Waals surface area contributed by atoms with E-state index < -0.39 is 0 Å². The van der Waals surface area contributed by atoms with Gasteiger partial charge in [0.25, 0.3) is 0 Å². The molecule has 0 saturated heterocycles. The molecule has 0 radical (unpaired) electrons. The van der Waals surface area contributed by atoms with Crippen LogP contribution in [0.3, 0.4) is 0 Å². The summed E-state index contributed by atoms with van der Waals surface area (Å²) in [6.07, 6.45) is 15.8. The van der Waals surface area contributed by atoms with Gasteiger partial charge >= 0.3 is 0 Å². The van der Waals surface area contributed by atoms with Gasteiger partial charge in [-0.15, -0.1) is 0 Å². The second-order valence-electron chi connectivity index (χ2n) is 11.8. The Morgan fingerprint density at radius 3 is 1.67 bits per heavy atom. The molecule has 206 valence electrons. The molecule has 2 unspecified atom stereocenters. The molecule has 2 aliphatic rings. The minimum atomic E-state index is -0.199. The topological polar surface area (TPSA) is 25.2 Å². The Bertz CT molecular complexity index is 1880. The van der Waals surface area contributed by atoms with Crippen LogP contribution >= 0.6 is 0 Å². The molecule has 1 heterocycles. The summed E-state index contributed by atoms with van der Waals surface area (Å²) in [6.45, 7) is 4.64. The van der Waals surface area contributed by atoms with Crippen molar-refractivity contribution in [3.05, 3.63) is 161 Å². The van der Waals surface area contributed by atoms with Crippen molar-refractivity contribution in [1.82, 2.24) is 4.57 Å². The minimum Gasteiger partial charge on any atom is -0.332 e. The first kappa shape index (κ1) is 26.0. The molecule has 4 aromatic carbocycles. The number of anilines is 2. The largest absolute Gasteiger partial charge is 0.332 e. The Morgan fingerprint density at radius 1 is 0.619 bits per heavy atom. The van der Waals surface area contributed by atoms with Crippen LogP contribution in [0.25, 0.3) is 27.5 Å². The maximum absolute atomic E-state index is 13.2. The number of pyridine rings is 1. The summed E-state index contributed by atoms with van der Waals surface area (Å²) in [5, 5.41) is 1.50. The van der Waals surface area contributed by atoms with Gasteiger partial charge in [-0.25, -0.2) is 0 Å². The van der Waals surface area contributed by atoms with Crippen molar-refractivity contribution >= 4 is 38.9 Å². The van der Waals surface area contributed by atoms with E-state index in [1.807, 2.05) is 48.5 Å². The summed E-state index contributed by atoms with van der Waals surface area (Å²) in [5.41, 5.74) is 6.46. The normalized spacial score (nSPS) is 21.8. The first-order chi connectivity index (χ1) is 20.5. The van der Waals surface area contributed by atoms with E-state index >= 15 is 0 Å². The molecule has 2 atom stereocenters. The van der Waals surface area contributed by atoms with E-state index in [2.05, 4.69) is 120 Å². The molecule has 42 heavy (non-hydrogen) atoms. The third-order valence-corrected chi connectivity index (χ3v) is 8.95. The Balaban J connectivity index is 1.21. The van der Waals surface area contributed by atoms with Gasteiger partial charge in [-0.3, -0.25) is 4.79 Å². The maximum atomic E-state index is 13.2. The van der Waals surface area contributed by atoms with Gasteiger partial charge in [0.05, 0.1) is 16.6 Å². The Labute approximate surface area is 247 Å². The third-order valence-electron chi connectivity index (χ3n) is 8.95. The highest BCUT2D eigenvalue weighted by atomic mass is 16.1. The number of hydrogen-bond donors (Lipinski definition) is 0. The molecule has 0 saturated carbocycles. The van der Waals surface area contributed by atoms with Crippen molar-refractivity contribution in [3.8, 4) is 0 Å². The zero-order valence-electron chi connectivity index (χ0n) is 24.1. The van der Waals surface area contributed by atoms with Gasteiger partial charge in [-0.1, -0.05) is 98.0 Å². The number of aromatic nitrogens is 1. The average Bonchev–Trinajstić information content (AvgIpc) is 3.03. The van der Waals surface area contributed by atoms with Crippen molar-refractivity contribution in [2.24, 2.45) is 5.41 Å². The molecule has 1 aromatic heterocycles. The van der Waals surface area contributed by atoms with Crippen LogP contribution < -0.4 is 10.3 Å². The van der Waals surface area contributed by atoms with Crippen molar-refractivity contribution in [2.45, 2.75) is 32.2 Å². The fraction of sp³-hybridized carbons (Fsp3) is 0.154. The molecule has 3 heteroatoms. The molecule has 0 bridgehead atoms. The minimum absolute atomic E-state index is 0.0864. The van der Waals surface area contributed by atoms with E-state index in [4.69, 9.17) is 0 Å². The second-order valence-corrected chi connectivity index (χ2v) is 11.8. The number of rotatable bonds is 5. The maximum Gasteiger partial charge on any atom is 0.197 e.